The van der Waals surface area contributed by atoms with Gasteiger partial charge in [-0.15, -0.1) is 11.3 Å². The topological polar surface area (TPSA) is 34.1 Å². The maximum atomic E-state index is 5.33. The SMILES string of the molecule is C=C(OCC)c1csc(C(C)NCCC)n1. The van der Waals surface area contributed by atoms with Gasteiger partial charge in [0.15, 0.2) is 0 Å². The fraction of sp³-hybridized carbons (Fsp3) is 0.583. The second kappa shape index (κ2) is 6.66. The van der Waals surface area contributed by atoms with Crippen LogP contribution in [0.5, 0.6) is 0 Å². The minimum absolute atomic E-state index is 0.299. The van der Waals surface area contributed by atoms with Crippen LogP contribution in [0.15, 0.2) is 12.0 Å². The Hall–Kier alpha value is -0.870. The summed E-state index contributed by atoms with van der Waals surface area (Å²) in [5.41, 5.74) is 0.854. The Morgan fingerprint density at radius 1 is 1.62 bits per heavy atom. The van der Waals surface area contributed by atoms with Crippen molar-refractivity contribution in [1.82, 2.24) is 10.3 Å². The molecule has 0 aromatic carbocycles. The number of hydrogen-bond acceptors (Lipinski definition) is 4. The molecule has 0 bridgehead atoms. The molecule has 90 valence electrons. The predicted molar refractivity (Wildman–Crippen MR) is 69.5 cm³/mol. The molecule has 1 unspecified atom stereocenters. The van der Waals surface area contributed by atoms with Crippen molar-refractivity contribution in [3.05, 3.63) is 22.7 Å². The molecule has 1 N–H and O–H groups in total. The van der Waals surface area contributed by atoms with Gasteiger partial charge in [0, 0.05) is 5.38 Å². The molecule has 0 radical (unpaired) electrons. The summed E-state index contributed by atoms with van der Waals surface area (Å²) in [5.74, 6) is 0.660. The molecule has 0 saturated heterocycles. The number of ether oxygens (including phenoxy) is 1. The highest BCUT2D eigenvalue weighted by Crippen LogP contribution is 2.22. The summed E-state index contributed by atoms with van der Waals surface area (Å²) in [4.78, 5) is 4.51. The van der Waals surface area contributed by atoms with Gasteiger partial charge in [-0.2, -0.15) is 0 Å². The second-order valence-electron chi connectivity index (χ2n) is 3.60. The minimum atomic E-state index is 0.299. The highest BCUT2D eigenvalue weighted by Gasteiger charge is 2.11. The van der Waals surface area contributed by atoms with Crippen LogP contribution >= 0.6 is 11.3 Å². The Balaban J connectivity index is 2.59. The average molecular weight is 240 g/mol. The minimum Gasteiger partial charge on any atom is -0.492 e. The number of thiazole rings is 1. The highest BCUT2D eigenvalue weighted by molar-refractivity contribution is 7.09. The normalized spacial score (nSPS) is 12.4. The quantitative estimate of drug-likeness (QED) is 0.743. The van der Waals surface area contributed by atoms with E-state index in [-0.39, 0.29) is 0 Å². The zero-order valence-corrected chi connectivity index (χ0v) is 11.1. The van der Waals surface area contributed by atoms with E-state index in [1.165, 1.54) is 0 Å². The van der Waals surface area contributed by atoms with Crippen LogP contribution < -0.4 is 5.32 Å². The lowest BCUT2D eigenvalue weighted by molar-refractivity contribution is 0.298. The number of nitrogens with one attached hydrogen (secondary N) is 1. The molecule has 4 heteroatoms. The Bertz CT molecular complexity index is 336. The van der Waals surface area contributed by atoms with E-state index in [0.29, 0.717) is 18.4 Å². The summed E-state index contributed by atoms with van der Waals surface area (Å²) in [6, 6.07) is 0.299. The van der Waals surface area contributed by atoms with Crippen molar-refractivity contribution < 1.29 is 4.74 Å². The molecule has 1 atom stereocenters. The molecule has 3 nitrogen and oxygen atoms in total. The third-order valence-corrected chi connectivity index (χ3v) is 3.22. The van der Waals surface area contributed by atoms with Crippen LogP contribution in [0.1, 0.15) is 43.9 Å². The average Bonchev–Trinajstić information content (AvgIpc) is 2.75. The predicted octanol–water partition coefficient (Wildman–Crippen LogP) is 3.21. The van der Waals surface area contributed by atoms with Crippen LogP contribution in [0.2, 0.25) is 0 Å². The van der Waals surface area contributed by atoms with Gasteiger partial charge in [0.25, 0.3) is 0 Å². The van der Waals surface area contributed by atoms with Gasteiger partial charge in [-0.05, 0) is 26.8 Å². The molecule has 0 aliphatic heterocycles. The van der Waals surface area contributed by atoms with Gasteiger partial charge in [0.1, 0.15) is 16.5 Å². The van der Waals surface area contributed by atoms with Crippen molar-refractivity contribution in [3.8, 4) is 0 Å². The largest absolute Gasteiger partial charge is 0.492 e. The van der Waals surface area contributed by atoms with E-state index >= 15 is 0 Å². The van der Waals surface area contributed by atoms with Crippen molar-refractivity contribution in [2.75, 3.05) is 13.2 Å². The van der Waals surface area contributed by atoms with Gasteiger partial charge in [-0.3, -0.25) is 0 Å². The van der Waals surface area contributed by atoms with E-state index in [2.05, 4.69) is 30.7 Å². The first-order valence-electron chi connectivity index (χ1n) is 5.69. The number of aromatic nitrogens is 1. The van der Waals surface area contributed by atoms with Crippen LogP contribution in [0.25, 0.3) is 5.76 Å². The van der Waals surface area contributed by atoms with Gasteiger partial charge < -0.3 is 10.1 Å². The molecule has 0 aliphatic rings. The van der Waals surface area contributed by atoms with Crippen molar-refractivity contribution in [3.63, 3.8) is 0 Å². The molecule has 0 amide bonds. The van der Waals surface area contributed by atoms with E-state index in [9.17, 15) is 0 Å². The van der Waals surface area contributed by atoms with Gasteiger partial charge >= 0.3 is 0 Å². The van der Waals surface area contributed by atoms with E-state index < -0.39 is 0 Å². The first kappa shape index (κ1) is 13.2. The maximum absolute atomic E-state index is 5.33. The highest BCUT2D eigenvalue weighted by atomic mass is 32.1. The summed E-state index contributed by atoms with van der Waals surface area (Å²) in [6.07, 6.45) is 1.13. The molecular formula is C12H20N2OS. The molecule has 16 heavy (non-hydrogen) atoms. The lowest BCUT2D eigenvalue weighted by Crippen LogP contribution is -2.19. The van der Waals surface area contributed by atoms with Crippen LogP contribution in [-0.2, 0) is 4.74 Å². The van der Waals surface area contributed by atoms with E-state index in [4.69, 9.17) is 4.74 Å². The second-order valence-corrected chi connectivity index (χ2v) is 4.49. The molecule has 0 saturated carbocycles. The smallest absolute Gasteiger partial charge is 0.138 e. The van der Waals surface area contributed by atoms with Gasteiger partial charge in [-0.25, -0.2) is 4.98 Å². The molecule has 0 aliphatic carbocycles. The van der Waals surface area contributed by atoms with Crippen molar-refractivity contribution in [1.29, 1.82) is 0 Å². The third kappa shape index (κ3) is 3.61. The Morgan fingerprint density at radius 2 is 2.38 bits per heavy atom. The van der Waals surface area contributed by atoms with Crippen molar-refractivity contribution >= 4 is 17.1 Å². The number of hydrogen-bond donors (Lipinski definition) is 1. The Morgan fingerprint density at radius 3 is 3.00 bits per heavy atom. The fourth-order valence-corrected chi connectivity index (χ4v) is 2.17. The van der Waals surface area contributed by atoms with Crippen LogP contribution in [0, 0.1) is 0 Å². The van der Waals surface area contributed by atoms with Crippen LogP contribution in [0.4, 0.5) is 0 Å². The lowest BCUT2D eigenvalue weighted by Gasteiger charge is -2.09. The first-order valence-corrected chi connectivity index (χ1v) is 6.57. The summed E-state index contributed by atoms with van der Waals surface area (Å²) in [7, 11) is 0. The summed E-state index contributed by atoms with van der Waals surface area (Å²) >= 11 is 1.65. The van der Waals surface area contributed by atoms with Crippen molar-refractivity contribution in [2.24, 2.45) is 0 Å². The van der Waals surface area contributed by atoms with Crippen LogP contribution in [0.3, 0.4) is 0 Å². The van der Waals surface area contributed by atoms with Crippen LogP contribution in [-0.4, -0.2) is 18.1 Å². The Labute approximate surface area is 102 Å². The maximum Gasteiger partial charge on any atom is 0.138 e. The summed E-state index contributed by atoms with van der Waals surface area (Å²) < 4.78 is 5.33. The molecule has 1 rings (SSSR count). The van der Waals surface area contributed by atoms with E-state index in [0.717, 1.165) is 23.7 Å². The molecular weight excluding hydrogens is 220 g/mol. The van der Waals surface area contributed by atoms with Gasteiger partial charge in [0.05, 0.1) is 12.6 Å². The monoisotopic (exact) mass is 240 g/mol. The molecule has 1 aromatic heterocycles. The molecule has 1 heterocycles. The van der Waals surface area contributed by atoms with Crippen molar-refractivity contribution in [2.45, 2.75) is 33.2 Å². The molecule has 0 fully saturated rings. The zero-order chi connectivity index (χ0) is 12.0. The number of nitrogens with zero attached hydrogens (tertiary/aromatic N) is 1. The summed E-state index contributed by atoms with van der Waals surface area (Å²) in [5, 5.41) is 6.50. The van der Waals surface area contributed by atoms with E-state index in [1.807, 2.05) is 12.3 Å². The molecule has 1 aromatic rings. The first-order chi connectivity index (χ1) is 7.69. The fourth-order valence-electron chi connectivity index (χ4n) is 1.31. The standard InChI is InChI=1S/C12H20N2OS/c1-5-7-13-9(3)12-14-11(8-16-12)10(4)15-6-2/h8-9,13H,4-7H2,1-3H3. The van der Waals surface area contributed by atoms with E-state index in [1.54, 1.807) is 11.3 Å². The lowest BCUT2D eigenvalue weighted by atomic mass is 10.3. The Kier molecular flexibility index (Phi) is 5.49. The van der Waals surface area contributed by atoms with Gasteiger partial charge in [-0.1, -0.05) is 13.5 Å². The molecule has 0 spiro atoms. The summed E-state index contributed by atoms with van der Waals surface area (Å²) in [6.45, 7) is 11.7. The third-order valence-electron chi connectivity index (χ3n) is 2.20. The van der Waals surface area contributed by atoms with Gasteiger partial charge in [0.2, 0.25) is 0 Å². The number of rotatable bonds is 7. The zero-order valence-electron chi connectivity index (χ0n) is 10.2.